The van der Waals surface area contributed by atoms with E-state index in [1.54, 1.807) is 0 Å². The molecule has 0 aliphatic heterocycles. The molecule has 0 spiro atoms. The second-order valence-electron chi connectivity index (χ2n) is 4.27. The van der Waals surface area contributed by atoms with Crippen molar-refractivity contribution in [1.82, 2.24) is 0 Å². The smallest absolute Gasteiger partial charge is 0.177 e. The molecule has 0 aliphatic rings. The van der Waals surface area contributed by atoms with E-state index in [4.69, 9.17) is 0 Å². The van der Waals surface area contributed by atoms with Gasteiger partial charge < -0.3 is 0 Å². The molecule has 0 saturated heterocycles. The summed E-state index contributed by atoms with van der Waals surface area (Å²) >= 11 is 0. The van der Waals surface area contributed by atoms with E-state index in [0.29, 0.717) is 12.1 Å². The van der Waals surface area contributed by atoms with E-state index in [2.05, 4.69) is 0 Å². The third kappa shape index (κ3) is 4.03. The van der Waals surface area contributed by atoms with Crippen molar-refractivity contribution < 1.29 is 13.2 Å². The third-order valence-electron chi connectivity index (χ3n) is 2.85. The van der Waals surface area contributed by atoms with E-state index in [1.807, 2.05) is 13.8 Å². The van der Waals surface area contributed by atoms with Gasteiger partial charge in [-0.05, 0) is 12.1 Å². The van der Waals surface area contributed by atoms with E-state index in [0.717, 1.165) is 25.7 Å². The molecular weight excluding hydrogens is 205 g/mol. The van der Waals surface area contributed by atoms with Crippen LogP contribution in [0.1, 0.15) is 39.5 Å². The van der Waals surface area contributed by atoms with Gasteiger partial charge in [-0.15, -0.1) is 0 Å². The van der Waals surface area contributed by atoms with E-state index in [1.165, 1.54) is 6.55 Å². The predicted octanol–water partition coefficient (Wildman–Crippen LogP) is 4.77. The summed E-state index contributed by atoms with van der Waals surface area (Å²) in [5.74, 6) is -3.91. The fourth-order valence-electron chi connectivity index (χ4n) is 1.54. The number of hydrogen-bond acceptors (Lipinski definition) is 0. The van der Waals surface area contributed by atoms with E-state index >= 15 is 0 Å². The minimum Gasteiger partial charge on any atom is -0.177 e. The maximum atomic E-state index is 12.8. The van der Waals surface area contributed by atoms with Crippen LogP contribution in [-0.2, 0) is 0 Å². The van der Waals surface area contributed by atoms with Crippen molar-refractivity contribution in [2.75, 3.05) is 0 Å². The average molecular weight is 226 g/mol. The van der Waals surface area contributed by atoms with Crippen LogP contribution in [0.4, 0.5) is 13.2 Å². The van der Waals surface area contributed by atoms with Gasteiger partial charge in [0, 0.05) is 0 Å². The van der Waals surface area contributed by atoms with Gasteiger partial charge in [-0.1, -0.05) is 46.1 Å². The zero-order valence-corrected chi connectivity index (χ0v) is 10.4. The van der Waals surface area contributed by atoms with Crippen LogP contribution >= 0.6 is 0 Å². The molecule has 0 radical (unpaired) electrons. The summed E-state index contributed by atoms with van der Waals surface area (Å²) in [4.78, 5) is 0. The lowest BCUT2D eigenvalue weighted by atomic mass is 10.4. The van der Waals surface area contributed by atoms with Crippen LogP contribution < -0.4 is 0 Å². The molecule has 86 valence electrons. The predicted molar refractivity (Wildman–Crippen MR) is 57.1 cm³/mol. The zero-order chi connectivity index (χ0) is 11.2. The van der Waals surface area contributed by atoms with Gasteiger partial charge in [0.2, 0.25) is 0 Å². The largest absolute Gasteiger partial charge is 0.361 e. The van der Waals surface area contributed by atoms with Crippen LogP contribution in [0, 0.1) is 0 Å². The maximum absolute atomic E-state index is 12.8. The molecule has 0 amide bonds. The second-order valence-corrected chi connectivity index (χ2v) is 8.95. The number of hydrogen-bond donors (Lipinski definition) is 0. The molecule has 0 aromatic heterocycles. The van der Waals surface area contributed by atoms with Crippen molar-refractivity contribution in [3.63, 3.8) is 0 Å². The normalized spacial score (nSPS) is 13.3. The van der Waals surface area contributed by atoms with Crippen LogP contribution in [0.25, 0.3) is 0 Å². The van der Waals surface area contributed by atoms with Gasteiger partial charge >= 0.3 is 5.80 Å². The Hall–Kier alpha value is 0.00688. The Morgan fingerprint density at radius 2 is 1.29 bits per heavy atom. The number of halogens is 3. The number of unbranched alkanes of at least 4 members (excludes halogenated alkanes) is 2. The Morgan fingerprint density at radius 1 is 0.929 bits per heavy atom. The molecular formula is C10H21F3Si. The van der Waals surface area contributed by atoms with Gasteiger partial charge in [0.1, 0.15) is 0 Å². The lowest BCUT2D eigenvalue weighted by Crippen LogP contribution is -2.47. The van der Waals surface area contributed by atoms with Crippen molar-refractivity contribution in [3.8, 4) is 0 Å². The van der Waals surface area contributed by atoms with E-state index < -0.39 is 13.9 Å². The Bertz CT molecular complexity index is 146. The molecule has 0 fully saturated rings. The topological polar surface area (TPSA) is 0 Å². The molecule has 0 bridgehead atoms. The van der Waals surface area contributed by atoms with Gasteiger partial charge in [0.25, 0.3) is 0 Å². The fourth-order valence-corrected chi connectivity index (χ4v) is 4.63. The lowest BCUT2D eigenvalue weighted by molar-refractivity contribution is -0.0573. The van der Waals surface area contributed by atoms with Crippen molar-refractivity contribution in [2.24, 2.45) is 0 Å². The first-order chi connectivity index (χ1) is 6.37. The van der Waals surface area contributed by atoms with Crippen molar-refractivity contribution in [3.05, 3.63) is 0 Å². The molecule has 0 aromatic rings. The molecule has 0 N–H and O–H groups in total. The first kappa shape index (κ1) is 14.0. The summed E-state index contributed by atoms with van der Waals surface area (Å²) in [5, 5.41) is 0. The van der Waals surface area contributed by atoms with Crippen molar-refractivity contribution >= 4 is 8.07 Å². The van der Waals surface area contributed by atoms with E-state index in [9.17, 15) is 13.2 Å². The standard InChI is InChI=1S/C10H21F3Si/c1-4-6-8-14(3,9-7-5-2)10(11,12)13/h4-9H2,1-3H3. The molecule has 0 nitrogen and oxygen atoms in total. The van der Waals surface area contributed by atoms with Gasteiger partial charge in [-0.25, -0.2) is 0 Å². The van der Waals surface area contributed by atoms with Gasteiger partial charge in [0.15, 0.2) is 8.07 Å². The Labute approximate surface area is 85.9 Å². The van der Waals surface area contributed by atoms with Gasteiger partial charge in [-0.2, -0.15) is 13.2 Å². The van der Waals surface area contributed by atoms with Crippen molar-refractivity contribution in [2.45, 2.75) is 64.0 Å². The SMILES string of the molecule is CCCC[Si](C)(CCCC)C(F)(F)F. The van der Waals surface area contributed by atoms with Crippen LogP contribution in [0.5, 0.6) is 0 Å². The summed E-state index contributed by atoms with van der Waals surface area (Å²) in [6.07, 6.45) is 3.19. The highest BCUT2D eigenvalue weighted by molar-refractivity contribution is 6.80. The Balaban J connectivity index is 4.33. The van der Waals surface area contributed by atoms with Crippen LogP contribution in [0.15, 0.2) is 0 Å². The molecule has 0 aromatic carbocycles. The monoisotopic (exact) mass is 226 g/mol. The van der Waals surface area contributed by atoms with Crippen LogP contribution in [0.2, 0.25) is 18.6 Å². The highest BCUT2D eigenvalue weighted by Gasteiger charge is 2.51. The number of rotatable bonds is 6. The zero-order valence-electron chi connectivity index (χ0n) is 9.38. The highest BCUT2D eigenvalue weighted by Crippen LogP contribution is 2.37. The Kier molecular flexibility index (Phi) is 5.79. The molecule has 0 atom stereocenters. The molecule has 0 rings (SSSR count). The quantitative estimate of drug-likeness (QED) is 0.572. The van der Waals surface area contributed by atoms with Crippen LogP contribution in [0.3, 0.4) is 0 Å². The third-order valence-corrected chi connectivity index (χ3v) is 7.13. The maximum Gasteiger partial charge on any atom is 0.361 e. The molecule has 0 aliphatic carbocycles. The van der Waals surface area contributed by atoms with E-state index in [-0.39, 0.29) is 0 Å². The molecule has 0 unspecified atom stereocenters. The summed E-state index contributed by atoms with van der Waals surface area (Å²) in [6.45, 7) is 5.40. The van der Waals surface area contributed by atoms with Gasteiger partial charge in [0.05, 0.1) is 0 Å². The molecule has 4 heteroatoms. The van der Waals surface area contributed by atoms with Gasteiger partial charge in [-0.3, -0.25) is 0 Å². The lowest BCUT2D eigenvalue weighted by Gasteiger charge is -2.29. The summed E-state index contributed by atoms with van der Waals surface area (Å²) in [6, 6.07) is 0.819. The average Bonchev–Trinajstić information content (AvgIpc) is 2.09. The molecule has 0 saturated carbocycles. The first-order valence-corrected chi connectivity index (χ1v) is 8.35. The Morgan fingerprint density at radius 3 is 1.50 bits per heavy atom. The second kappa shape index (κ2) is 5.78. The molecule has 0 heterocycles. The highest BCUT2D eigenvalue weighted by atomic mass is 28.3. The van der Waals surface area contributed by atoms with Crippen molar-refractivity contribution in [1.29, 1.82) is 0 Å². The van der Waals surface area contributed by atoms with Crippen LogP contribution in [-0.4, -0.2) is 13.9 Å². The fraction of sp³-hybridized carbons (Fsp3) is 1.00. The first-order valence-electron chi connectivity index (χ1n) is 5.44. The summed E-state index contributed by atoms with van der Waals surface area (Å²) in [7, 11) is -2.99. The summed E-state index contributed by atoms with van der Waals surface area (Å²) < 4.78 is 38.4. The minimum atomic E-state index is -3.91. The summed E-state index contributed by atoms with van der Waals surface area (Å²) in [5.41, 5.74) is 0. The minimum absolute atomic E-state index is 0.410. The number of alkyl halides is 3. The molecule has 14 heavy (non-hydrogen) atoms.